The fourth-order valence-corrected chi connectivity index (χ4v) is 3.50. The molecule has 24 heavy (non-hydrogen) atoms. The molecular formula is C16H19N3O4S. The molecule has 1 atom stereocenters. The Hall–Kier alpha value is -2.40. The minimum atomic E-state index is -0.906. The van der Waals surface area contributed by atoms with Gasteiger partial charge in [-0.3, -0.25) is 14.4 Å². The van der Waals surface area contributed by atoms with Crippen LogP contribution in [0.4, 0.5) is 0 Å². The molecule has 128 valence electrons. The number of esters is 1. The summed E-state index contributed by atoms with van der Waals surface area (Å²) in [5.74, 6) is -1.46. The van der Waals surface area contributed by atoms with Gasteiger partial charge in [-0.25, -0.2) is 0 Å². The molecule has 1 aliphatic rings. The van der Waals surface area contributed by atoms with Gasteiger partial charge in [0.25, 0.3) is 5.91 Å². The maximum absolute atomic E-state index is 12.4. The van der Waals surface area contributed by atoms with E-state index in [1.165, 1.54) is 16.2 Å². The van der Waals surface area contributed by atoms with Crippen molar-refractivity contribution in [2.75, 3.05) is 0 Å². The second-order valence-electron chi connectivity index (χ2n) is 6.55. The van der Waals surface area contributed by atoms with E-state index in [4.69, 9.17) is 15.7 Å². The number of nitrogens with zero attached hydrogens (tertiary/aromatic N) is 2. The number of hydrogen-bond donors (Lipinski definition) is 1. The Bertz CT molecular complexity index is 727. The van der Waals surface area contributed by atoms with Crippen LogP contribution in [0.3, 0.4) is 0 Å². The van der Waals surface area contributed by atoms with Gasteiger partial charge in [-0.05, 0) is 27.2 Å². The Morgan fingerprint density at radius 2 is 2.17 bits per heavy atom. The first-order valence-electron chi connectivity index (χ1n) is 7.46. The van der Waals surface area contributed by atoms with Gasteiger partial charge in [0.1, 0.15) is 17.7 Å². The molecule has 0 aliphatic carbocycles. The summed E-state index contributed by atoms with van der Waals surface area (Å²) in [6.07, 6.45) is 0.0697. The average molecular weight is 349 g/mol. The van der Waals surface area contributed by atoms with Gasteiger partial charge >= 0.3 is 5.97 Å². The molecule has 1 aromatic rings. The monoisotopic (exact) mass is 349 g/mol. The van der Waals surface area contributed by atoms with Crippen LogP contribution in [0.2, 0.25) is 0 Å². The van der Waals surface area contributed by atoms with Crippen molar-refractivity contribution in [1.82, 2.24) is 4.90 Å². The zero-order valence-electron chi connectivity index (χ0n) is 13.8. The molecule has 0 radical (unpaired) electrons. The molecule has 0 saturated carbocycles. The zero-order valence-corrected chi connectivity index (χ0v) is 14.6. The summed E-state index contributed by atoms with van der Waals surface area (Å²) in [7, 11) is 0. The molecule has 2 amide bonds. The molecule has 0 aromatic carbocycles. The number of ether oxygens (including phenoxy) is 1. The minimum absolute atomic E-state index is 0.0204. The number of hydrogen-bond acceptors (Lipinski definition) is 6. The quantitative estimate of drug-likeness (QED) is 0.810. The normalized spacial score (nSPS) is 14.9. The van der Waals surface area contributed by atoms with E-state index in [-0.39, 0.29) is 25.3 Å². The predicted molar refractivity (Wildman–Crippen MR) is 87.0 cm³/mol. The summed E-state index contributed by atoms with van der Waals surface area (Å²) in [5.41, 5.74) is 5.86. The van der Waals surface area contributed by atoms with Crippen LogP contribution in [0.5, 0.6) is 0 Å². The third kappa shape index (κ3) is 3.74. The van der Waals surface area contributed by atoms with E-state index in [0.29, 0.717) is 16.0 Å². The first-order valence-corrected chi connectivity index (χ1v) is 8.34. The minimum Gasteiger partial charge on any atom is -0.460 e. The van der Waals surface area contributed by atoms with E-state index < -0.39 is 23.5 Å². The van der Waals surface area contributed by atoms with Crippen molar-refractivity contribution in [2.45, 2.75) is 51.8 Å². The SMILES string of the molecule is CC(C)(C)OC(=O)CC[C@@H](C(N)=O)N1Cc2c(C#N)csc2C1=O. The Balaban J connectivity index is 2.09. The van der Waals surface area contributed by atoms with Crippen molar-refractivity contribution in [3.05, 3.63) is 21.4 Å². The second-order valence-corrected chi connectivity index (χ2v) is 7.42. The summed E-state index contributed by atoms with van der Waals surface area (Å²) >= 11 is 1.18. The fraction of sp³-hybridized carbons (Fsp3) is 0.500. The molecular weight excluding hydrogens is 330 g/mol. The number of rotatable bonds is 5. The van der Waals surface area contributed by atoms with Gasteiger partial charge in [0.05, 0.1) is 10.4 Å². The van der Waals surface area contributed by atoms with Crippen LogP contribution >= 0.6 is 11.3 Å². The number of thiophene rings is 1. The topological polar surface area (TPSA) is 113 Å². The summed E-state index contributed by atoms with van der Waals surface area (Å²) in [6.45, 7) is 5.41. The molecule has 0 fully saturated rings. The molecule has 2 N–H and O–H groups in total. The van der Waals surface area contributed by atoms with Crippen LogP contribution < -0.4 is 5.73 Å². The predicted octanol–water partition coefficient (Wildman–Crippen LogP) is 1.55. The van der Waals surface area contributed by atoms with E-state index >= 15 is 0 Å². The van der Waals surface area contributed by atoms with Crippen molar-refractivity contribution < 1.29 is 19.1 Å². The number of fused-ring (bicyclic) bond motifs is 1. The smallest absolute Gasteiger partial charge is 0.306 e. The standard InChI is InChI=1S/C16H19N3O4S/c1-16(2,3)23-12(20)5-4-11(14(18)21)19-7-10-9(6-17)8-24-13(10)15(19)22/h8,11H,4-5,7H2,1-3H3,(H2,18,21)/t11-/m0/s1. The number of nitriles is 1. The van der Waals surface area contributed by atoms with Crippen LogP contribution in [0.25, 0.3) is 0 Å². The maximum Gasteiger partial charge on any atom is 0.306 e. The van der Waals surface area contributed by atoms with Gasteiger partial charge in [-0.1, -0.05) is 0 Å². The highest BCUT2D eigenvalue weighted by molar-refractivity contribution is 7.12. The van der Waals surface area contributed by atoms with Gasteiger partial charge in [0.2, 0.25) is 5.91 Å². The van der Waals surface area contributed by atoms with E-state index in [2.05, 4.69) is 0 Å². The maximum atomic E-state index is 12.4. The summed E-state index contributed by atoms with van der Waals surface area (Å²) in [4.78, 5) is 37.8. The van der Waals surface area contributed by atoms with Crippen LogP contribution in [0, 0.1) is 11.3 Å². The molecule has 2 rings (SSSR count). The van der Waals surface area contributed by atoms with E-state index in [1.54, 1.807) is 26.2 Å². The third-order valence-corrected chi connectivity index (χ3v) is 4.55. The largest absolute Gasteiger partial charge is 0.460 e. The van der Waals surface area contributed by atoms with Crippen molar-refractivity contribution in [3.63, 3.8) is 0 Å². The Labute approximate surface area is 144 Å². The third-order valence-electron chi connectivity index (χ3n) is 3.54. The lowest BCUT2D eigenvalue weighted by atomic mass is 10.1. The molecule has 0 bridgehead atoms. The highest BCUT2D eigenvalue weighted by Gasteiger charge is 2.38. The van der Waals surface area contributed by atoms with Crippen molar-refractivity contribution in [2.24, 2.45) is 5.73 Å². The van der Waals surface area contributed by atoms with Crippen LogP contribution in [0.1, 0.15) is 54.4 Å². The zero-order chi connectivity index (χ0) is 18.1. The second kappa shape index (κ2) is 6.61. The van der Waals surface area contributed by atoms with E-state index in [9.17, 15) is 14.4 Å². The molecule has 8 heteroatoms. The van der Waals surface area contributed by atoms with Crippen LogP contribution in [-0.4, -0.2) is 34.3 Å². The lowest BCUT2D eigenvalue weighted by molar-refractivity contribution is -0.155. The Morgan fingerprint density at radius 1 is 1.50 bits per heavy atom. The van der Waals surface area contributed by atoms with Crippen molar-refractivity contribution in [3.8, 4) is 6.07 Å². The molecule has 1 aromatic heterocycles. The Kier molecular flexibility index (Phi) is 4.94. The van der Waals surface area contributed by atoms with Gasteiger partial charge < -0.3 is 15.4 Å². The average Bonchev–Trinajstić information content (AvgIpc) is 2.98. The van der Waals surface area contributed by atoms with Gasteiger partial charge in [0.15, 0.2) is 0 Å². The number of carbonyl (C=O) groups is 3. The highest BCUT2D eigenvalue weighted by Crippen LogP contribution is 2.33. The molecule has 2 heterocycles. The van der Waals surface area contributed by atoms with E-state index in [1.807, 2.05) is 6.07 Å². The van der Waals surface area contributed by atoms with Crippen molar-refractivity contribution >= 4 is 29.1 Å². The molecule has 0 unspecified atom stereocenters. The lowest BCUT2D eigenvalue weighted by Crippen LogP contribution is -2.45. The first-order chi connectivity index (χ1) is 11.1. The summed E-state index contributed by atoms with van der Waals surface area (Å²) in [6, 6.07) is 1.13. The molecule has 7 nitrogen and oxygen atoms in total. The lowest BCUT2D eigenvalue weighted by Gasteiger charge is -2.26. The first kappa shape index (κ1) is 17.9. The van der Waals surface area contributed by atoms with Gasteiger partial charge in [-0.15, -0.1) is 11.3 Å². The van der Waals surface area contributed by atoms with Gasteiger partial charge in [-0.2, -0.15) is 5.26 Å². The number of carbonyl (C=O) groups excluding carboxylic acids is 3. The summed E-state index contributed by atoms with van der Waals surface area (Å²) in [5, 5.41) is 10.7. The number of nitrogens with two attached hydrogens (primary N) is 1. The van der Waals surface area contributed by atoms with E-state index in [0.717, 1.165) is 0 Å². The van der Waals surface area contributed by atoms with Crippen molar-refractivity contribution in [1.29, 1.82) is 5.26 Å². The Morgan fingerprint density at radius 3 is 2.71 bits per heavy atom. The van der Waals surface area contributed by atoms with Crippen LogP contribution in [0.15, 0.2) is 5.38 Å². The molecule has 0 saturated heterocycles. The number of amides is 2. The van der Waals surface area contributed by atoms with Crippen LogP contribution in [-0.2, 0) is 20.9 Å². The number of primary amides is 1. The van der Waals surface area contributed by atoms with Gasteiger partial charge in [0, 0.05) is 23.9 Å². The molecule has 1 aliphatic heterocycles. The molecule has 0 spiro atoms. The fourth-order valence-electron chi connectivity index (χ4n) is 2.54. The summed E-state index contributed by atoms with van der Waals surface area (Å²) < 4.78 is 5.21. The highest BCUT2D eigenvalue weighted by atomic mass is 32.1.